The first-order valence-corrected chi connectivity index (χ1v) is 15.5. The number of aliphatic hydroxyl groups excluding tert-OH is 3. The van der Waals surface area contributed by atoms with Gasteiger partial charge in [0.1, 0.15) is 35.6 Å². The molecule has 5 atom stereocenters. The number of benzene rings is 3. The van der Waals surface area contributed by atoms with Crippen LogP contribution in [-0.4, -0.2) is 68.7 Å². The van der Waals surface area contributed by atoms with Gasteiger partial charge in [-0.25, -0.2) is 0 Å². The Morgan fingerprint density at radius 3 is 2.24 bits per heavy atom. The van der Waals surface area contributed by atoms with Crippen molar-refractivity contribution < 1.29 is 49.0 Å². The van der Waals surface area contributed by atoms with Gasteiger partial charge in [0.05, 0.1) is 11.7 Å². The highest BCUT2D eigenvalue weighted by Gasteiger charge is 2.45. The number of aliphatic hydroxyl groups is 3. The molecule has 0 spiro atoms. The van der Waals surface area contributed by atoms with Gasteiger partial charge in [0.2, 0.25) is 6.29 Å². The van der Waals surface area contributed by atoms with Crippen molar-refractivity contribution in [1.82, 2.24) is 0 Å². The van der Waals surface area contributed by atoms with Crippen LogP contribution in [-0.2, 0) is 9.53 Å². The molecule has 6 rings (SSSR count). The van der Waals surface area contributed by atoms with Crippen LogP contribution in [0, 0.1) is 0 Å². The Kier molecular flexibility index (Phi) is 8.80. The zero-order valence-corrected chi connectivity index (χ0v) is 25.5. The second-order valence-electron chi connectivity index (χ2n) is 12.1. The number of fused-ring (bicyclic) bond motifs is 2. The van der Waals surface area contributed by atoms with Crippen LogP contribution in [0.2, 0.25) is 0 Å². The molecule has 0 amide bonds. The molecule has 10 heteroatoms. The second kappa shape index (κ2) is 12.8. The number of phenolic OH excluding ortho intramolecular Hbond substituents is 1. The Labute approximate surface area is 265 Å². The average Bonchev–Trinajstić information content (AvgIpc) is 3.04. The molecule has 0 bridgehead atoms. The minimum absolute atomic E-state index is 0.000292. The van der Waals surface area contributed by atoms with Gasteiger partial charge in [-0.1, -0.05) is 55.7 Å². The predicted molar refractivity (Wildman–Crippen MR) is 167 cm³/mol. The summed E-state index contributed by atoms with van der Waals surface area (Å²) in [5.74, 6) is -2.25. The number of esters is 1. The fourth-order valence-corrected chi connectivity index (χ4v) is 6.64. The van der Waals surface area contributed by atoms with Gasteiger partial charge in [-0.3, -0.25) is 14.4 Å². The van der Waals surface area contributed by atoms with E-state index in [0.29, 0.717) is 18.4 Å². The molecule has 1 aliphatic heterocycles. The van der Waals surface area contributed by atoms with Gasteiger partial charge < -0.3 is 34.6 Å². The molecule has 1 saturated carbocycles. The van der Waals surface area contributed by atoms with E-state index < -0.39 is 48.2 Å². The summed E-state index contributed by atoms with van der Waals surface area (Å²) < 4.78 is 17.3. The zero-order valence-electron chi connectivity index (χ0n) is 25.5. The lowest BCUT2D eigenvalue weighted by Gasteiger charge is -2.39. The fraction of sp³-hybridized carbons (Fsp3) is 0.361. The summed E-state index contributed by atoms with van der Waals surface area (Å²) in [6, 6.07) is 13.5. The van der Waals surface area contributed by atoms with Crippen LogP contribution in [0.1, 0.15) is 100 Å². The second-order valence-corrected chi connectivity index (χ2v) is 12.1. The van der Waals surface area contributed by atoms with Crippen molar-refractivity contribution in [2.24, 2.45) is 0 Å². The lowest BCUT2D eigenvalue weighted by Crippen LogP contribution is -2.58. The van der Waals surface area contributed by atoms with Crippen LogP contribution in [0.4, 0.5) is 0 Å². The molecule has 4 N–H and O–H groups in total. The summed E-state index contributed by atoms with van der Waals surface area (Å²) in [5.41, 5.74) is 1.12. The third-order valence-corrected chi connectivity index (χ3v) is 9.01. The third kappa shape index (κ3) is 5.73. The van der Waals surface area contributed by atoms with E-state index in [0.717, 1.165) is 24.8 Å². The number of hydrogen-bond acceptors (Lipinski definition) is 10. The summed E-state index contributed by atoms with van der Waals surface area (Å²) in [7, 11) is 0. The quantitative estimate of drug-likeness (QED) is 0.136. The molecule has 3 aromatic carbocycles. The van der Waals surface area contributed by atoms with Gasteiger partial charge >= 0.3 is 5.97 Å². The number of phenols is 1. The maximum atomic E-state index is 14.4. The Morgan fingerprint density at radius 1 is 0.848 bits per heavy atom. The maximum absolute atomic E-state index is 14.4. The summed E-state index contributed by atoms with van der Waals surface area (Å²) >= 11 is 0. The lowest BCUT2D eigenvalue weighted by molar-refractivity contribution is -0.268. The molecule has 10 nitrogen and oxygen atoms in total. The normalized spacial score (nSPS) is 24.8. The number of ketones is 2. The van der Waals surface area contributed by atoms with E-state index in [1.54, 1.807) is 12.2 Å². The van der Waals surface area contributed by atoms with E-state index in [4.69, 9.17) is 14.2 Å². The highest BCUT2D eigenvalue weighted by Crippen LogP contribution is 2.48. The van der Waals surface area contributed by atoms with Crippen molar-refractivity contribution in [3.8, 4) is 17.2 Å². The smallest absolute Gasteiger partial charge is 0.308 e. The van der Waals surface area contributed by atoms with E-state index in [-0.39, 0.29) is 51.0 Å². The maximum Gasteiger partial charge on any atom is 0.308 e. The number of hydrogen-bond donors (Lipinski definition) is 4. The van der Waals surface area contributed by atoms with Gasteiger partial charge in [-0.2, -0.15) is 0 Å². The van der Waals surface area contributed by atoms with Gasteiger partial charge in [0.15, 0.2) is 11.6 Å². The van der Waals surface area contributed by atoms with Gasteiger partial charge in [0.25, 0.3) is 0 Å². The molecule has 46 heavy (non-hydrogen) atoms. The fourth-order valence-electron chi connectivity index (χ4n) is 6.64. The summed E-state index contributed by atoms with van der Waals surface area (Å²) in [5, 5.41) is 43.1. The van der Waals surface area contributed by atoms with Crippen LogP contribution in [0.3, 0.4) is 0 Å². The lowest BCUT2D eigenvalue weighted by atomic mass is 9.76. The van der Waals surface area contributed by atoms with Gasteiger partial charge in [0, 0.05) is 34.7 Å². The first kappa shape index (κ1) is 31.6. The Bertz CT molecular complexity index is 1710. The van der Waals surface area contributed by atoms with Crippen LogP contribution in [0.25, 0.3) is 12.2 Å². The monoisotopic (exact) mass is 628 g/mol. The number of ether oxygens (including phenoxy) is 3. The summed E-state index contributed by atoms with van der Waals surface area (Å²) in [6.45, 7) is 2.76. The molecule has 1 heterocycles. The highest BCUT2D eigenvalue weighted by atomic mass is 16.7. The number of rotatable bonds is 6. The largest absolute Gasteiger partial charge is 0.507 e. The SMILES string of the molecule is CC(=O)Oc1ccc2c(c1C=Cc1ccccc1)C(=O)c1cc(OC3OC(C)C(O)C(O)C3O)c(C3CCCCC3)c(O)c1C2=O. The minimum atomic E-state index is -1.64. The molecule has 5 unspecified atom stereocenters. The Hall–Kier alpha value is -4.35. The van der Waals surface area contributed by atoms with Crippen LogP contribution >= 0.6 is 0 Å². The Balaban J connectivity index is 1.51. The van der Waals surface area contributed by atoms with Gasteiger partial charge in [-0.15, -0.1) is 0 Å². The summed E-state index contributed by atoms with van der Waals surface area (Å²) in [6.07, 6.45) is 0.654. The predicted octanol–water partition coefficient (Wildman–Crippen LogP) is 4.52. The molecular weight excluding hydrogens is 592 g/mol. The molecular formula is C36H36O10. The molecule has 0 radical (unpaired) electrons. The standard InChI is InChI=1S/C36H36O10/c1-18-30(38)34(42)35(43)36(44-18)46-26-17-24-29(33(41)27(26)21-11-7-4-8-12-21)31(39)23-15-16-25(45-19(2)37)22(28(23)32(24)40)14-13-20-9-5-3-6-10-20/h3,5-6,9-10,13-18,21,30,34-36,38,41-43H,4,7-8,11-12H2,1-2H3. The van der Waals surface area contributed by atoms with E-state index in [1.165, 1.54) is 32.0 Å². The van der Waals surface area contributed by atoms with Crippen molar-refractivity contribution in [3.63, 3.8) is 0 Å². The van der Waals surface area contributed by atoms with E-state index in [1.807, 2.05) is 30.3 Å². The molecule has 1 saturated heterocycles. The third-order valence-electron chi connectivity index (χ3n) is 9.01. The minimum Gasteiger partial charge on any atom is -0.507 e. The van der Waals surface area contributed by atoms with Crippen molar-refractivity contribution in [2.75, 3.05) is 0 Å². The molecule has 2 aliphatic carbocycles. The molecule has 0 aromatic heterocycles. The van der Waals surface area contributed by atoms with Crippen molar-refractivity contribution in [3.05, 3.63) is 87.5 Å². The van der Waals surface area contributed by atoms with E-state index in [9.17, 15) is 34.8 Å². The van der Waals surface area contributed by atoms with Gasteiger partial charge in [-0.05, 0) is 55.5 Å². The van der Waals surface area contributed by atoms with Crippen molar-refractivity contribution >= 4 is 29.7 Å². The Morgan fingerprint density at radius 2 is 1.54 bits per heavy atom. The molecule has 3 aliphatic rings. The number of carbonyl (C=O) groups excluding carboxylic acids is 3. The summed E-state index contributed by atoms with van der Waals surface area (Å²) in [4.78, 5) is 40.5. The number of carbonyl (C=O) groups is 3. The van der Waals surface area contributed by atoms with Crippen molar-refractivity contribution in [2.45, 2.75) is 82.6 Å². The van der Waals surface area contributed by atoms with E-state index in [2.05, 4.69) is 0 Å². The van der Waals surface area contributed by atoms with E-state index >= 15 is 0 Å². The topological polar surface area (TPSA) is 160 Å². The number of aromatic hydroxyl groups is 1. The molecule has 240 valence electrons. The highest BCUT2D eigenvalue weighted by molar-refractivity contribution is 6.31. The zero-order chi connectivity index (χ0) is 32.7. The first-order valence-electron chi connectivity index (χ1n) is 15.5. The van der Waals surface area contributed by atoms with Crippen LogP contribution in [0.15, 0.2) is 48.5 Å². The van der Waals surface area contributed by atoms with Crippen LogP contribution in [0.5, 0.6) is 17.2 Å². The molecule has 2 fully saturated rings. The first-order chi connectivity index (χ1) is 22.1. The molecule has 3 aromatic rings. The van der Waals surface area contributed by atoms with Crippen LogP contribution < -0.4 is 9.47 Å². The average molecular weight is 629 g/mol. The van der Waals surface area contributed by atoms with Crippen molar-refractivity contribution in [1.29, 1.82) is 0 Å².